The Bertz CT molecular complexity index is 600. The molecule has 0 aliphatic carbocycles. The third kappa shape index (κ3) is 2.61. The van der Waals surface area contributed by atoms with E-state index in [4.69, 9.17) is 16.9 Å². The maximum atomic E-state index is 8.88. The Kier molecular flexibility index (Phi) is 3.80. The molecule has 0 unspecified atom stereocenters. The maximum absolute atomic E-state index is 8.88. The number of rotatable bonds is 3. The molecule has 1 N–H and O–H groups in total. The second kappa shape index (κ2) is 5.34. The summed E-state index contributed by atoms with van der Waals surface area (Å²) >= 11 is 7.55. The highest BCUT2D eigenvalue weighted by atomic mass is 35.5. The average Bonchev–Trinajstić information content (AvgIpc) is 2.80. The lowest BCUT2D eigenvalue weighted by Gasteiger charge is -2.04. The topological polar surface area (TPSA) is 61.6 Å². The summed E-state index contributed by atoms with van der Waals surface area (Å²) in [5.41, 5.74) is 1.42. The van der Waals surface area contributed by atoms with E-state index in [0.29, 0.717) is 22.3 Å². The summed E-state index contributed by atoms with van der Waals surface area (Å²) in [7, 11) is 0. The number of pyridine rings is 1. The monoisotopic (exact) mass is 278 g/mol. The zero-order valence-electron chi connectivity index (χ0n) is 9.94. The molecule has 0 radical (unpaired) electrons. The highest BCUT2D eigenvalue weighted by Crippen LogP contribution is 2.28. The molecule has 0 amide bonds. The number of thiazole rings is 1. The molecule has 0 bridgehead atoms. The first-order chi connectivity index (χ1) is 8.61. The van der Waals surface area contributed by atoms with Gasteiger partial charge in [-0.2, -0.15) is 5.26 Å². The van der Waals surface area contributed by atoms with Gasteiger partial charge in [0.1, 0.15) is 11.1 Å². The van der Waals surface area contributed by atoms with Crippen LogP contribution in [0.3, 0.4) is 0 Å². The summed E-state index contributed by atoms with van der Waals surface area (Å²) in [5, 5.41) is 15.0. The third-order valence-corrected chi connectivity index (χ3v) is 3.51. The predicted molar refractivity (Wildman–Crippen MR) is 73.4 cm³/mol. The van der Waals surface area contributed by atoms with E-state index in [-0.39, 0.29) is 0 Å². The number of hydrogen-bond acceptors (Lipinski definition) is 5. The molecule has 2 aromatic heterocycles. The van der Waals surface area contributed by atoms with Crippen molar-refractivity contribution in [3.05, 3.63) is 33.9 Å². The van der Waals surface area contributed by atoms with Gasteiger partial charge in [-0.05, 0) is 12.0 Å². The second-order valence-corrected chi connectivity index (χ2v) is 5.23. The minimum atomic E-state index is 0.321. The molecule has 2 rings (SSSR count). The van der Waals surface area contributed by atoms with Gasteiger partial charge in [-0.15, -0.1) is 11.3 Å². The number of anilines is 2. The Morgan fingerprint density at radius 1 is 1.50 bits per heavy atom. The molecular formula is C12H11ClN4S. The van der Waals surface area contributed by atoms with Gasteiger partial charge < -0.3 is 5.32 Å². The van der Waals surface area contributed by atoms with Gasteiger partial charge in [0.25, 0.3) is 0 Å². The van der Waals surface area contributed by atoms with Crippen molar-refractivity contribution in [3.63, 3.8) is 0 Å². The summed E-state index contributed by atoms with van der Waals surface area (Å²) in [5.74, 6) is 0.839. The Hall–Kier alpha value is -1.64. The van der Waals surface area contributed by atoms with Gasteiger partial charge >= 0.3 is 0 Å². The summed E-state index contributed by atoms with van der Waals surface area (Å²) in [6, 6.07) is 3.59. The molecule has 0 aliphatic rings. The van der Waals surface area contributed by atoms with E-state index in [9.17, 15) is 0 Å². The van der Waals surface area contributed by atoms with Crippen LogP contribution in [0, 0.1) is 11.3 Å². The molecule has 0 aromatic carbocycles. The van der Waals surface area contributed by atoms with Crippen LogP contribution in [0.2, 0.25) is 5.02 Å². The number of nitrogens with zero attached hydrogens (tertiary/aromatic N) is 3. The van der Waals surface area contributed by atoms with Crippen molar-refractivity contribution in [2.75, 3.05) is 5.32 Å². The van der Waals surface area contributed by atoms with Crippen molar-refractivity contribution in [2.45, 2.75) is 19.8 Å². The molecule has 2 aromatic rings. The van der Waals surface area contributed by atoms with E-state index in [0.717, 1.165) is 10.8 Å². The first-order valence-electron chi connectivity index (χ1n) is 5.39. The van der Waals surface area contributed by atoms with Crippen molar-refractivity contribution in [1.29, 1.82) is 5.26 Å². The normalized spacial score (nSPS) is 10.4. The predicted octanol–water partition coefficient (Wildman–Crippen LogP) is 3.93. The molecule has 2 heterocycles. The quantitative estimate of drug-likeness (QED) is 0.924. The summed E-state index contributed by atoms with van der Waals surface area (Å²) in [6.45, 7) is 4.17. The number of aromatic nitrogens is 2. The van der Waals surface area contributed by atoms with Gasteiger partial charge in [-0.3, -0.25) is 0 Å². The van der Waals surface area contributed by atoms with Crippen LogP contribution in [-0.2, 0) is 0 Å². The van der Waals surface area contributed by atoms with Crippen LogP contribution in [-0.4, -0.2) is 9.97 Å². The van der Waals surface area contributed by atoms with E-state index in [1.807, 2.05) is 11.4 Å². The van der Waals surface area contributed by atoms with Gasteiger partial charge in [0, 0.05) is 11.6 Å². The minimum Gasteiger partial charge on any atom is -0.315 e. The first-order valence-corrected chi connectivity index (χ1v) is 6.64. The standard InChI is InChI=1S/C12H11ClN4S/c1-7(2)9-6-18-12(16-9)17-11-10(13)8(5-14)3-4-15-11/h3-4,6-7H,1-2H3,(H,15,16,17). The number of halogens is 1. The lowest BCUT2D eigenvalue weighted by Crippen LogP contribution is -1.96. The molecule has 18 heavy (non-hydrogen) atoms. The average molecular weight is 279 g/mol. The molecule has 0 fully saturated rings. The lowest BCUT2D eigenvalue weighted by molar-refractivity contribution is 0.834. The van der Waals surface area contributed by atoms with Gasteiger partial charge in [0.2, 0.25) is 0 Å². The van der Waals surface area contributed by atoms with E-state index in [1.54, 1.807) is 12.3 Å². The molecule has 0 spiro atoms. The fourth-order valence-electron chi connectivity index (χ4n) is 1.33. The summed E-state index contributed by atoms with van der Waals surface area (Å²) in [4.78, 5) is 8.54. The van der Waals surface area contributed by atoms with E-state index in [2.05, 4.69) is 29.1 Å². The van der Waals surface area contributed by atoms with Crippen molar-refractivity contribution in [2.24, 2.45) is 0 Å². The van der Waals surface area contributed by atoms with Crippen LogP contribution in [0.25, 0.3) is 0 Å². The minimum absolute atomic E-state index is 0.321. The van der Waals surface area contributed by atoms with Crippen molar-refractivity contribution in [3.8, 4) is 6.07 Å². The van der Waals surface area contributed by atoms with Crippen LogP contribution < -0.4 is 5.32 Å². The zero-order valence-corrected chi connectivity index (χ0v) is 11.5. The number of nitriles is 1. The van der Waals surface area contributed by atoms with Gasteiger partial charge in [0.05, 0.1) is 11.3 Å². The summed E-state index contributed by atoms with van der Waals surface area (Å²) in [6.07, 6.45) is 1.55. The van der Waals surface area contributed by atoms with E-state index < -0.39 is 0 Å². The Morgan fingerprint density at radius 2 is 2.28 bits per heavy atom. The largest absolute Gasteiger partial charge is 0.315 e. The fraction of sp³-hybridized carbons (Fsp3) is 0.250. The molecular weight excluding hydrogens is 268 g/mol. The van der Waals surface area contributed by atoms with Crippen LogP contribution in [0.5, 0.6) is 0 Å². The van der Waals surface area contributed by atoms with Crippen molar-refractivity contribution in [1.82, 2.24) is 9.97 Å². The number of hydrogen-bond donors (Lipinski definition) is 1. The van der Waals surface area contributed by atoms with E-state index >= 15 is 0 Å². The van der Waals surface area contributed by atoms with Gasteiger partial charge in [-0.1, -0.05) is 25.4 Å². The molecule has 0 atom stereocenters. The molecule has 4 nitrogen and oxygen atoms in total. The fourth-order valence-corrected chi connectivity index (χ4v) is 2.40. The Morgan fingerprint density at radius 3 is 2.89 bits per heavy atom. The molecule has 92 valence electrons. The SMILES string of the molecule is CC(C)c1csc(Nc2nccc(C#N)c2Cl)n1. The molecule has 0 saturated heterocycles. The second-order valence-electron chi connectivity index (χ2n) is 3.99. The maximum Gasteiger partial charge on any atom is 0.188 e. The van der Waals surface area contributed by atoms with Crippen LogP contribution in [0.15, 0.2) is 17.6 Å². The van der Waals surface area contributed by atoms with Gasteiger partial charge in [-0.25, -0.2) is 9.97 Å². The van der Waals surface area contributed by atoms with Crippen LogP contribution in [0.4, 0.5) is 10.9 Å². The Labute approximate surface area is 114 Å². The lowest BCUT2D eigenvalue weighted by atomic mass is 10.2. The Balaban J connectivity index is 2.26. The number of nitrogens with one attached hydrogen (secondary N) is 1. The van der Waals surface area contributed by atoms with E-state index in [1.165, 1.54) is 11.3 Å². The smallest absolute Gasteiger partial charge is 0.188 e. The molecule has 6 heteroatoms. The first kappa shape index (κ1) is 12.8. The zero-order chi connectivity index (χ0) is 13.1. The van der Waals surface area contributed by atoms with Crippen LogP contribution >= 0.6 is 22.9 Å². The van der Waals surface area contributed by atoms with Crippen LogP contribution in [0.1, 0.15) is 31.0 Å². The highest BCUT2D eigenvalue weighted by Gasteiger charge is 2.10. The third-order valence-electron chi connectivity index (χ3n) is 2.35. The summed E-state index contributed by atoms with van der Waals surface area (Å²) < 4.78 is 0. The molecule has 0 saturated carbocycles. The highest BCUT2D eigenvalue weighted by molar-refractivity contribution is 7.13. The van der Waals surface area contributed by atoms with Crippen molar-refractivity contribution < 1.29 is 0 Å². The molecule has 0 aliphatic heterocycles. The van der Waals surface area contributed by atoms with Crippen molar-refractivity contribution >= 4 is 33.9 Å². The van der Waals surface area contributed by atoms with Gasteiger partial charge in [0.15, 0.2) is 10.9 Å².